The molecule has 0 aromatic heterocycles. The summed E-state index contributed by atoms with van der Waals surface area (Å²) in [5.74, 6) is -0.515. The molecule has 0 spiro atoms. The topological polar surface area (TPSA) is 59.0 Å². The van der Waals surface area contributed by atoms with Crippen LogP contribution in [0.4, 0.5) is 0 Å². The molecule has 1 aromatic carbocycles. The van der Waals surface area contributed by atoms with Gasteiger partial charge >= 0.3 is 5.97 Å². The Kier molecular flexibility index (Phi) is 4.81. The average molecular weight is 356 g/mol. The number of aryl methyl sites for hydroxylation is 1. The SMILES string of the molecule is C=CCOC(=O)C1=C(C)N=C2S[C@@H](C)C(=O)N2[C@H]1c1ccc(C)cc1. The minimum absolute atomic E-state index is 0.0455. The summed E-state index contributed by atoms with van der Waals surface area (Å²) in [6, 6.07) is 7.31. The van der Waals surface area contributed by atoms with E-state index in [1.807, 2.05) is 38.1 Å². The van der Waals surface area contributed by atoms with Crippen molar-refractivity contribution in [3.05, 3.63) is 59.3 Å². The van der Waals surface area contributed by atoms with Crippen LogP contribution in [0, 0.1) is 6.92 Å². The molecule has 3 rings (SSSR count). The molecule has 0 bridgehead atoms. The molecule has 0 unspecified atom stereocenters. The number of carbonyl (C=O) groups excluding carboxylic acids is 2. The molecule has 6 heteroatoms. The summed E-state index contributed by atoms with van der Waals surface area (Å²) in [4.78, 5) is 31.5. The minimum Gasteiger partial charge on any atom is -0.458 e. The zero-order chi connectivity index (χ0) is 18.1. The first-order valence-corrected chi connectivity index (χ1v) is 8.95. The van der Waals surface area contributed by atoms with Gasteiger partial charge < -0.3 is 4.74 Å². The van der Waals surface area contributed by atoms with E-state index in [-0.39, 0.29) is 17.8 Å². The second-order valence-electron chi connectivity index (χ2n) is 6.06. The second kappa shape index (κ2) is 6.88. The Bertz CT molecular complexity index is 795. The molecular formula is C19H20N2O3S. The molecule has 0 radical (unpaired) electrons. The van der Waals surface area contributed by atoms with Crippen LogP contribution in [0.3, 0.4) is 0 Å². The Morgan fingerprint density at radius 1 is 1.36 bits per heavy atom. The van der Waals surface area contributed by atoms with E-state index >= 15 is 0 Å². The first kappa shape index (κ1) is 17.5. The Hall–Kier alpha value is -2.34. The predicted octanol–water partition coefficient (Wildman–Crippen LogP) is 3.37. The maximum absolute atomic E-state index is 12.7. The van der Waals surface area contributed by atoms with Gasteiger partial charge in [0.25, 0.3) is 0 Å². The van der Waals surface area contributed by atoms with Crippen LogP contribution in [0.15, 0.2) is 53.2 Å². The molecular weight excluding hydrogens is 336 g/mol. The van der Waals surface area contributed by atoms with Crippen LogP contribution < -0.4 is 0 Å². The number of aliphatic imine (C=N–C) groups is 1. The van der Waals surface area contributed by atoms with Crippen LogP contribution in [0.5, 0.6) is 0 Å². The first-order chi connectivity index (χ1) is 11.9. The third kappa shape index (κ3) is 3.14. The van der Waals surface area contributed by atoms with Gasteiger partial charge in [-0.1, -0.05) is 54.2 Å². The van der Waals surface area contributed by atoms with Gasteiger partial charge in [-0.25, -0.2) is 9.79 Å². The van der Waals surface area contributed by atoms with Gasteiger partial charge in [0.2, 0.25) is 5.91 Å². The molecule has 1 aromatic rings. The molecule has 5 nitrogen and oxygen atoms in total. The highest BCUT2D eigenvalue weighted by atomic mass is 32.2. The molecule has 1 fully saturated rings. The van der Waals surface area contributed by atoms with E-state index in [2.05, 4.69) is 11.6 Å². The number of carbonyl (C=O) groups is 2. The lowest BCUT2D eigenvalue weighted by Gasteiger charge is -2.33. The van der Waals surface area contributed by atoms with Crippen LogP contribution in [0.1, 0.15) is 31.0 Å². The number of amides is 1. The van der Waals surface area contributed by atoms with Crippen LogP contribution >= 0.6 is 11.8 Å². The van der Waals surface area contributed by atoms with E-state index in [9.17, 15) is 9.59 Å². The third-order valence-corrected chi connectivity index (χ3v) is 5.26. The molecule has 1 amide bonds. The summed E-state index contributed by atoms with van der Waals surface area (Å²) in [5, 5.41) is 0.420. The average Bonchev–Trinajstić information content (AvgIpc) is 2.86. The van der Waals surface area contributed by atoms with Crippen molar-refractivity contribution in [1.82, 2.24) is 4.90 Å². The van der Waals surface area contributed by atoms with Crippen LogP contribution in [0.25, 0.3) is 0 Å². The number of ether oxygens (including phenoxy) is 1. The maximum atomic E-state index is 12.7. The van der Waals surface area contributed by atoms with Gasteiger partial charge in [0.15, 0.2) is 5.17 Å². The fourth-order valence-electron chi connectivity index (χ4n) is 2.94. The minimum atomic E-state index is -0.518. The fraction of sp³-hybridized carbons (Fsp3) is 0.316. The monoisotopic (exact) mass is 356 g/mol. The lowest BCUT2D eigenvalue weighted by atomic mass is 9.93. The zero-order valence-corrected chi connectivity index (χ0v) is 15.3. The number of hydrogen-bond acceptors (Lipinski definition) is 5. The lowest BCUT2D eigenvalue weighted by Crippen LogP contribution is -2.40. The van der Waals surface area contributed by atoms with Gasteiger partial charge in [-0.15, -0.1) is 0 Å². The molecule has 2 heterocycles. The van der Waals surface area contributed by atoms with Crippen molar-refractivity contribution in [2.24, 2.45) is 4.99 Å². The van der Waals surface area contributed by atoms with Crippen molar-refractivity contribution in [2.45, 2.75) is 32.1 Å². The number of nitrogens with zero attached hydrogens (tertiary/aromatic N) is 2. The zero-order valence-electron chi connectivity index (χ0n) is 14.5. The molecule has 2 atom stereocenters. The van der Waals surface area contributed by atoms with Gasteiger partial charge in [-0.3, -0.25) is 9.69 Å². The third-order valence-electron chi connectivity index (χ3n) is 4.20. The molecule has 2 aliphatic rings. The van der Waals surface area contributed by atoms with Gasteiger partial charge in [-0.05, 0) is 26.3 Å². The Labute approximate surface area is 151 Å². The highest BCUT2D eigenvalue weighted by molar-refractivity contribution is 8.15. The normalized spacial score (nSPS) is 22.6. The summed E-state index contributed by atoms with van der Waals surface area (Å²) in [6.07, 6.45) is 1.52. The number of allylic oxidation sites excluding steroid dienone is 1. The number of benzene rings is 1. The van der Waals surface area contributed by atoms with E-state index in [1.165, 1.54) is 17.8 Å². The van der Waals surface area contributed by atoms with Crippen LogP contribution in [-0.2, 0) is 14.3 Å². The van der Waals surface area contributed by atoms with E-state index in [1.54, 1.807) is 11.8 Å². The molecule has 25 heavy (non-hydrogen) atoms. The van der Waals surface area contributed by atoms with Crippen molar-refractivity contribution >= 4 is 28.8 Å². The van der Waals surface area contributed by atoms with Crippen molar-refractivity contribution in [1.29, 1.82) is 0 Å². The van der Waals surface area contributed by atoms with E-state index in [4.69, 9.17) is 4.74 Å². The predicted molar refractivity (Wildman–Crippen MR) is 99.1 cm³/mol. The number of rotatable bonds is 4. The summed E-state index contributed by atoms with van der Waals surface area (Å²) >= 11 is 1.42. The Balaban J connectivity index is 2.11. The van der Waals surface area contributed by atoms with Gasteiger partial charge in [-0.2, -0.15) is 0 Å². The summed E-state index contributed by atoms with van der Waals surface area (Å²) in [7, 11) is 0. The number of hydrogen-bond donors (Lipinski definition) is 0. The molecule has 130 valence electrons. The molecule has 0 aliphatic carbocycles. The van der Waals surface area contributed by atoms with Crippen molar-refractivity contribution in [2.75, 3.05) is 6.61 Å². The fourth-order valence-corrected chi connectivity index (χ4v) is 3.97. The Morgan fingerprint density at radius 2 is 2.04 bits per heavy atom. The largest absolute Gasteiger partial charge is 0.458 e. The number of esters is 1. The highest BCUT2D eigenvalue weighted by Crippen LogP contribution is 2.43. The summed E-state index contributed by atoms with van der Waals surface area (Å²) < 4.78 is 5.26. The quantitative estimate of drug-likeness (QED) is 0.613. The molecule has 1 saturated heterocycles. The van der Waals surface area contributed by atoms with Crippen molar-refractivity contribution in [3.63, 3.8) is 0 Å². The van der Waals surface area contributed by atoms with Gasteiger partial charge in [0.1, 0.15) is 6.61 Å². The standard InChI is InChI=1S/C19H20N2O3S/c1-5-10-24-18(23)15-12(3)20-19-21(17(22)13(4)25-19)16(15)14-8-6-11(2)7-9-14/h5-9,13,16H,1,10H2,2-4H3/t13-,16-/m0/s1. The Morgan fingerprint density at radius 3 is 2.68 bits per heavy atom. The van der Waals surface area contributed by atoms with E-state index in [0.29, 0.717) is 16.4 Å². The first-order valence-electron chi connectivity index (χ1n) is 8.07. The smallest absolute Gasteiger partial charge is 0.338 e. The number of fused-ring (bicyclic) bond motifs is 1. The van der Waals surface area contributed by atoms with Gasteiger partial charge in [0, 0.05) is 0 Å². The molecule has 2 aliphatic heterocycles. The molecule has 0 saturated carbocycles. The van der Waals surface area contributed by atoms with Gasteiger partial charge in [0.05, 0.1) is 22.6 Å². The number of thioether (sulfide) groups is 1. The lowest BCUT2D eigenvalue weighted by molar-refractivity contribution is -0.139. The number of amidine groups is 1. The summed E-state index contributed by atoms with van der Waals surface area (Å²) in [6.45, 7) is 9.32. The van der Waals surface area contributed by atoms with Crippen LogP contribution in [0.2, 0.25) is 0 Å². The maximum Gasteiger partial charge on any atom is 0.338 e. The van der Waals surface area contributed by atoms with E-state index in [0.717, 1.165) is 11.1 Å². The van der Waals surface area contributed by atoms with Crippen molar-refractivity contribution in [3.8, 4) is 0 Å². The van der Waals surface area contributed by atoms with E-state index < -0.39 is 12.0 Å². The highest BCUT2D eigenvalue weighted by Gasteiger charge is 2.46. The summed E-state index contributed by atoms with van der Waals surface area (Å²) in [5.41, 5.74) is 2.96. The second-order valence-corrected chi connectivity index (χ2v) is 7.37. The van der Waals surface area contributed by atoms with Crippen LogP contribution in [-0.4, -0.2) is 33.8 Å². The molecule has 0 N–H and O–H groups in total. The van der Waals surface area contributed by atoms with Crippen molar-refractivity contribution < 1.29 is 14.3 Å².